The Morgan fingerprint density at radius 2 is 1.71 bits per heavy atom. The number of benzene rings is 1. The minimum Gasteiger partial charge on any atom is -0.378 e. The Morgan fingerprint density at radius 3 is 2.25 bits per heavy atom. The van der Waals surface area contributed by atoms with Crippen molar-refractivity contribution in [2.24, 2.45) is 11.8 Å². The van der Waals surface area contributed by atoms with Crippen molar-refractivity contribution >= 4 is 5.83 Å². The maximum absolute atomic E-state index is 13.7. The van der Waals surface area contributed by atoms with E-state index in [1.54, 1.807) is 12.1 Å². The summed E-state index contributed by atoms with van der Waals surface area (Å²) in [5, 5.41) is 0. The van der Waals surface area contributed by atoms with Gasteiger partial charge in [-0.1, -0.05) is 37.6 Å². The standard InChI is InChI=1S/C23H30F4O/c1-2-3-16-4-13-22(28-15-16)20-11-7-18(8-12-20)17-5-9-19(10-6-17)21(24)14-23(25,26)27/h5-6,9-10,14,16,18,20,22H,2-4,7-8,11-13,15H2,1H3. The Bertz CT molecular complexity index is 634. The lowest BCUT2D eigenvalue weighted by molar-refractivity contribution is -0.0798. The number of alkyl halides is 3. The molecule has 1 aliphatic heterocycles. The molecule has 1 nitrogen and oxygen atoms in total. The van der Waals surface area contributed by atoms with Crippen LogP contribution in [-0.2, 0) is 4.74 Å². The third-order valence-corrected chi connectivity index (χ3v) is 6.35. The van der Waals surface area contributed by atoms with Crippen molar-refractivity contribution < 1.29 is 22.3 Å². The molecule has 2 unspecified atom stereocenters. The highest BCUT2D eigenvalue weighted by Crippen LogP contribution is 2.40. The molecule has 1 saturated heterocycles. The monoisotopic (exact) mass is 398 g/mol. The van der Waals surface area contributed by atoms with Gasteiger partial charge in [-0.2, -0.15) is 13.2 Å². The molecule has 2 fully saturated rings. The van der Waals surface area contributed by atoms with E-state index in [2.05, 4.69) is 6.92 Å². The number of hydrogen-bond donors (Lipinski definition) is 0. The van der Waals surface area contributed by atoms with Gasteiger partial charge in [-0.25, -0.2) is 4.39 Å². The van der Waals surface area contributed by atoms with Gasteiger partial charge in [-0.05, 0) is 68.3 Å². The van der Waals surface area contributed by atoms with Crippen LogP contribution in [0.15, 0.2) is 30.3 Å². The van der Waals surface area contributed by atoms with Crippen LogP contribution >= 0.6 is 0 Å². The summed E-state index contributed by atoms with van der Waals surface area (Å²) in [7, 11) is 0. The predicted octanol–water partition coefficient (Wildman–Crippen LogP) is 7.43. The van der Waals surface area contributed by atoms with E-state index in [0.29, 0.717) is 17.9 Å². The second-order valence-corrected chi connectivity index (χ2v) is 8.37. The van der Waals surface area contributed by atoms with E-state index in [1.165, 1.54) is 37.8 Å². The van der Waals surface area contributed by atoms with Crippen molar-refractivity contribution in [2.45, 2.75) is 76.5 Å². The van der Waals surface area contributed by atoms with Gasteiger partial charge in [0.2, 0.25) is 0 Å². The van der Waals surface area contributed by atoms with Gasteiger partial charge in [0.05, 0.1) is 12.2 Å². The molecule has 1 aromatic carbocycles. The number of hydrogen-bond acceptors (Lipinski definition) is 1. The van der Waals surface area contributed by atoms with Crippen molar-refractivity contribution in [1.82, 2.24) is 0 Å². The van der Waals surface area contributed by atoms with E-state index in [9.17, 15) is 17.6 Å². The average molecular weight is 398 g/mol. The van der Waals surface area contributed by atoms with Gasteiger partial charge in [-0.3, -0.25) is 0 Å². The lowest BCUT2D eigenvalue weighted by Crippen LogP contribution is -2.33. The van der Waals surface area contributed by atoms with Crippen LogP contribution in [0.2, 0.25) is 0 Å². The fourth-order valence-corrected chi connectivity index (χ4v) is 4.80. The second kappa shape index (κ2) is 9.43. The fourth-order valence-electron chi connectivity index (χ4n) is 4.80. The summed E-state index contributed by atoms with van der Waals surface area (Å²) in [5.41, 5.74) is 1.07. The molecule has 0 radical (unpaired) electrons. The summed E-state index contributed by atoms with van der Waals surface area (Å²) in [5.74, 6) is 0.503. The zero-order valence-corrected chi connectivity index (χ0v) is 16.5. The summed E-state index contributed by atoms with van der Waals surface area (Å²) in [4.78, 5) is 0. The highest BCUT2D eigenvalue weighted by atomic mass is 19.4. The molecule has 1 saturated carbocycles. The number of ether oxygens (including phenoxy) is 1. The van der Waals surface area contributed by atoms with Gasteiger partial charge in [0, 0.05) is 12.2 Å². The molecule has 5 heteroatoms. The molecule has 0 spiro atoms. The van der Waals surface area contributed by atoms with Crippen molar-refractivity contribution in [1.29, 1.82) is 0 Å². The maximum atomic E-state index is 13.7. The second-order valence-electron chi connectivity index (χ2n) is 8.37. The quantitative estimate of drug-likeness (QED) is 0.469. The van der Waals surface area contributed by atoms with E-state index in [-0.39, 0.29) is 11.6 Å². The van der Waals surface area contributed by atoms with E-state index in [0.717, 1.165) is 43.8 Å². The first-order chi connectivity index (χ1) is 13.4. The molecule has 0 N–H and O–H groups in total. The highest BCUT2D eigenvalue weighted by Gasteiger charge is 2.32. The SMILES string of the molecule is CCCC1CCC(C2CCC(c3ccc(C(F)=CC(F)(F)F)cc3)CC2)OC1. The molecule has 0 amide bonds. The summed E-state index contributed by atoms with van der Waals surface area (Å²) in [6, 6.07) is 6.46. The molecule has 1 aliphatic carbocycles. The van der Waals surface area contributed by atoms with Crippen LogP contribution in [0.25, 0.3) is 5.83 Å². The van der Waals surface area contributed by atoms with Crippen LogP contribution < -0.4 is 0 Å². The van der Waals surface area contributed by atoms with Gasteiger partial charge >= 0.3 is 6.18 Å². The molecule has 0 aromatic heterocycles. The largest absolute Gasteiger partial charge is 0.412 e. The van der Waals surface area contributed by atoms with Crippen LogP contribution in [0.4, 0.5) is 17.6 Å². The minimum atomic E-state index is -4.64. The molecule has 28 heavy (non-hydrogen) atoms. The van der Waals surface area contributed by atoms with Gasteiger partial charge in [0.15, 0.2) is 0 Å². The van der Waals surface area contributed by atoms with Gasteiger partial charge in [-0.15, -0.1) is 0 Å². The fraction of sp³-hybridized carbons (Fsp3) is 0.652. The van der Waals surface area contributed by atoms with Crippen LogP contribution in [0.5, 0.6) is 0 Å². The van der Waals surface area contributed by atoms with Crippen molar-refractivity contribution in [2.75, 3.05) is 6.61 Å². The van der Waals surface area contributed by atoms with Gasteiger partial charge in [0.25, 0.3) is 0 Å². The Balaban J connectivity index is 1.51. The lowest BCUT2D eigenvalue weighted by atomic mass is 9.75. The Hall–Kier alpha value is -1.36. The maximum Gasteiger partial charge on any atom is 0.412 e. The normalized spacial score (nSPS) is 29.7. The predicted molar refractivity (Wildman–Crippen MR) is 104 cm³/mol. The lowest BCUT2D eigenvalue weighted by Gasteiger charge is -2.38. The molecule has 156 valence electrons. The first-order valence-electron chi connectivity index (χ1n) is 10.5. The molecule has 2 aliphatic rings. The number of allylic oxidation sites excluding steroid dienone is 1. The zero-order valence-electron chi connectivity index (χ0n) is 16.5. The average Bonchev–Trinajstić information content (AvgIpc) is 2.68. The Kier molecular flexibility index (Phi) is 7.19. The van der Waals surface area contributed by atoms with Gasteiger partial charge < -0.3 is 4.74 Å². The molecular formula is C23H30F4O. The zero-order chi connectivity index (χ0) is 20.1. The summed E-state index contributed by atoms with van der Waals surface area (Å²) >= 11 is 0. The minimum absolute atomic E-state index is 0.0213. The van der Waals surface area contributed by atoms with Crippen molar-refractivity contribution in [3.05, 3.63) is 41.5 Å². The number of rotatable bonds is 5. The van der Waals surface area contributed by atoms with E-state index in [1.807, 2.05) is 0 Å². The topological polar surface area (TPSA) is 9.23 Å². The van der Waals surface area contributed by atoms with E-state index in [4.69, 9.17) is 4.74 Å². The summed E-state index contributed by atoms with van der Waals surface area (Å²) in [6.07, 6.45) is 4.74. The first kappa shape index (κ1) is 21.4. The third kappa shape index (κ3) is 5.82. The Morgan fingerprint density at radius 1 is 1.04 bits per heavy atom. The van der Waals surface area contributed by atoms with Crippen molar-refractivity contribution in [3.63, 3.8) is 0 Å². The molecule has 2 atom stereocenters. The molecular weight excluding hydrogens is 368 g/mol. The summed E-state index contributed by atoms with van der Waals surface area (Å²) < 4.78 is 56.7. The van der Waals surface area contributed by atoms with Crippen molar-refractivity contribution in [3.8, 4) is 0 Å². The van der Waals surface area contributed by atoms with Crippen LogP contribution in [0.1, 0.15) is 75.3 Å². The molecule has 1 aromatic rings. The van der Waals surface area contributed by atoms with E-state index < -0.39 is 12.0 Å². The molecule has 1 heterocycles. The smallest absolute Gasteiger partial charge is 0.378 e. The van der Waals surface area contributed by atoms with E-state index >= 15 is 0 Å². The highest BCUT2D eigenvalue weighted by molar-refractivity contribution is 5.59. The third-order valence-electron chi connectivity index (χ3n) is 6.35. The molecule has 3 rings (SSSR count). The number of halogens is 4. The van der Waals surface area contributed by atoms with Gasteiger partial charge in [0.1, 0.15) is 5.83 Å². The van der Waals surface area contributed by atoms with Crippen LogP contribution in [-0.4, -0.2) is 18.9 Å². The Labute approximate surface area is 165 Å². The van der Waals surface area contributed by atoms with Crippen LogP contribution in [0.3, 0.4) is 0 Å². The first-order valence-corrected chi connectivity index (χ1v) is 10.5. The summed E-state index contributed by atoms with van der Waals surface area (Å²) in [6.45, 7) is 3.12. The van der Waals surface area contributed by atoms with Crippen LogP contribution in [0, 0.1) is 11.8 Å². The molecule has 0 bridgehead atoms.